The van der Waals surface area contributed by atoms with Crippen molar-refractivity contribution >= 4 is 44.9 Å². The Morgan fingerprint density at radius 2 is 2.25 bits per heavy atom. The zero-order valence-electron chi connectivity index (χ0n) is 10.8. The Kier molecular flexibility index (Phi) is 3.41. The Labute approximate surface area is 123 Å². The Bertz CT molecular complexity index is 779. The van der Waals surface area contributed by atoms with Gasteiger partial charge >= 0.3 is 0 Å². The van der Waals surface area contributed by atoms with Crippen molar-refractivity contribution in [2.45, 2.75) is 11.3 Å². The van der Waals surface area contributed by atoms with Crippen LogP contribution in [0.4, 0.5) is 5.69 Å². The van der Waals surface area contributed by atoms with Crippen molar-refractivity contribution < 1.29 is 4.79 Å². The van der Waals surface area contributed by atoms with Crippen LogP contribution in [-0.2, 0) is 0 Å². The lowest BCUT2D eigenvalue weighted by molar-refractivity contribution is 0.101. The largest absolute Gasteiger partial charge is 0.319 e. The lowest BCUT2D eigenvalue weighted by Gasteiger charge is -2.01. The molecule has 8 heteroatoms. The first-order chi connectivity index (χ1) is 9.65. The van der Waals surface area contributed by atoms with Crippen molar-refractivity contribution in [2.24, 2.45) is 0 Å². The van der Waals surface area contributed by atoms with Crippen molar-refractivity contribution in [3.8, 4) is 0 Å². The molecule has 0 fully saturated rings. The van der Waals surface area contributed by atoms with Crippen LogP contribution in [0.3, 0.4) is 0 Å². The molecule has 0 aliphatic heterocycles. The van der Waals surface area contributed by atoms with E-state index >= 15 is 0 Å². The van der Waals surface area contributed by atoms with E-state index in [-0.39, 0.29) is 11.7 Å². The van der Waals surface area contributed by atoms with Gasteiger partial charge in [0, 0.05) is 5.69 Å². The van der Waals surface area contributed by atoms with E-state index in [0.29, 0.717) is 11.5 Å². The summed E-state index contributed by atoms with van der Waals surface area (Å²) in [6.07, 6.45) is 1.99. The molecule has 3 rings (SSSR count). The number of nitrogens with zero attached hydrogens (tertiary/aromatic N) is 3. The molecule has 0 atom stereocenters. The fraction of sp³-hybridized carbons (Fsp3) is 0.167. The Morgan fingerprint density at radius 3 is 2.95 bits per heavy atom. The third-order valence-electron chi connectivity index (χ3n) is 2.60. The standard InChI is InChI=1S/C12H11N5OS2/c1-6-13-10(17-16-6)11(18)14-7-3-4-8-9(5-7)20-12(15-8)19-2/h3-5H,1-2H3,(H,14,18)(H,13,16,17). The van der Waals surface area contributed by atoms with Gasteiger partial charge in [-0.25, -0.2) is 9.97 Å². The fourth-order valence-corrected chi connectivity index (χ4v) is 3.23. The van der Waals surface area contributed by atoms with E-state index in [1.54, 1.807) is 30.0 Å². The molecule has 2 aromatic heterocycles. The summed E-state index contributed by atoms with van der Waals surface area (Å²) in [5, 5.41) is 9.25. The Hall–Kier alpha value is -1.93. The highest BCUT2D eigenvalue weighted by Gasteiger charge is 2.12. The SMILES string of the molecule is CSc1nc2ccc(NC(=O)c3n[nH]c(C)n3)cc2s1. The van der Waals surface area contributed by atoms with Crippen LogP contribution < -0.4 is 5.32 Å². The van der Waals surface area contributed by atoms with Gasteiger partial charge in [0.1, 0.15) is 5.82 Å². The van der Waals surface area contributed by atoms with E-state index < -0.39 is 0 Å². The minimum Gasteiger partial charge on any atom is -0.319 e. The van der Waals surface area contributed by atoms with Gasteiger partial charge in [0.25, 0.3) is 5.91 Å². The van der Waals surface area contributed by atoms with Crippen LogP contribution in [0, 0.1) is 6.92 Å². The second-order valence-electron chi connectivity index (χ2n) is 4.06. The molecule has 2 N–H and O–H groups in total. The van der Waals surface area contributed by atoms with Gasteiger partial charge in [-0.15, -0.1) is 16.4 Å². The molecule has 2 heterocycles. The number of aryl methyl sites for hydroxylation is 1. The van der Waals surface area contributed by atoms with Gasteiger partial charge in [0.15, 0.2) is 4.34 Å². The van der Waals surface area contributed by atoms with Crippen LogP contribution >= 0.6 is 23.1 Å². The highest BCUT2D eigenvalue weighted by Crippen LogP contribution is 2.29. The number of hydrogen-bond donors (Lipinski definition) is 2. The maximum absolute atomic E-state index is 12.0. The van der Waals surface area contributed by atoms with Gasteiger partial charge in [-0.05, 0) is 31.4 Å². The lowest BCUT2D eigenvalue weighted by atomic mass is 10.3. The summed E-state index contributed by atoms with van der Waals surface area (Å²) < 4.78 is 2.05. The number of thioether (sulfide) groups is 1. The average molecular weight is 305 g/mol. The fourth-order valence-electron chi connectivity index (χ4n) is 1.70. The molecular weight excluding hydrogens is 294 g/mol. The van der Waals surface area contributed by atoms with Crippen molar-refractivity contribution in [1.82, 2.24) is 20.2 Å². The van der Waals surface area contributed by atoms with Gasteiger partial charge in [-0.1, -0.05) is 11.8 Å². The predicted molar refractivity (Wildman–Crippen MR) is 80.5 cm³/mol. The van der Waals surface area contributed by atoms with Crippen molar-refractivity contribution in [3.05, 3.63) is 29.8 Å². The maximum Gasteiger partial charge on any atom is 0.295 e. The normalized spacial score (nSPS) is 10.9. The Balaban J connectivity index is 1.85. The van der Waals surface area contributed by atoms with E-state index in [2.05, 4.69) is 25.5 Å². The lowest BCUT2D eigenvalue weighted by Crippen LogP contribution is -2.13. The third-order valence-corrected chi connectivity index (χ3v) is 4.60. The number of carbonyl (C=O) groups is 1. The van der Waals surface area contributed by atoms with Crippen LogP contribution in [0.5, 0.6) is 0 Å². The first-order valence-corrected chi connectivity index (χ1v) is 7.85. The molecule has 0 radical (unpaired) electrons. The topological polar surface area (TPSA) is 83.6 Å². The van der Waals surface area contributed by atoms with Gasteiger partial charge in [-0.2, -0.15) is 0 Å². The first-order valence-electron chi connectivity index (χ1n) is 5.80. The zero-order valence-corrected chi connectivity index (χ0v) is 12.4. The summed E-state index contributed by atoms with van der Waals surface area (Å²) in [6, 6.07) is 5.62. The summed E-state index contributed by atoms with van der Waals surface area (Å²) in [4.78, 5) is 20.4. The number of H-pyrrole nitrogens is 1. The quantitative estimate of drug-likeness (QED) is 0.727. The summed E-state index contributed by atoms with van der Waals surface area (Å²) >= 11 is 3.21. The molecule has 102 valence electrons. The van der Waals surface area contributed by atoms with Crippen LogP contribution in [0.2, 0.25) is 0 Å². The molecular formula is C12H11N5OS2. The second-order valence-corrected chi connectivity index (χ2v) is 6.15. The van der Waals surface area contributed by atoms with E-state index in [4.69, 9.17) is 0 Å². The van der Waals surface area contributed by atoms with Crippen LogP contribution in [-0.4, -0.2) is 32.3 Å². The molecule has 0 unspecified atom stereocenters. The third kappa shape index (κ3) is 2.52. The second kappa shape index (κ2) is 5.22. The minimum atomic E-state index is -0.330. The molecule has 1 aromatic carbocycles. The number of aromatic nitrogens is 4. The molecule has 0 saturated carbocycles. The minimum absolute atomic E-state index is 0.136. The number of amides is 1. The van der Waals surface area contributed by atoms with Gasteiger partial charge in [0.2, 0.25) is 5.82 Å². The summed E-state index contributed by atoms with van der Waals surface area (Å²) in [5.41, 5.74) is 1.65. The Morgan fingerprint density at radius 1 is 1.40 bits per heavy atom. The molecule has 1 amide bonds. The molecule has 20 heavy (non-hydrogen) atoms. The monoisotopic (exact) mass is 305 g/mol. The number of aromatic amines is 1. The van der Waals surface area contributed by atoms with Crippen molar-refractivity contribution in [1.29, 1.82) is 0 Å². The number of rotatable bonds is 3. The maximum atomic E-state index is 12.0. The number of hydrogen-bond acceptors (Lipinski definition) is 6. The molecule has 0 aliphatic rings. The smallest absolute Gasteiger partial charge is 0.295 e. The highest BCUT2D eigenvalue weighted by atomic mass is 32.2. The number of nitrogens with one attached hydrogen (secondary N) is 2. The molecule has 0 aliphatic carbocycles. The van der Waals surface area contributed by atoms with Gasteiger partial charge in [-0.3, -0.25) is 9.89 Å². The van der Waals surface area contributed by atoms with E-state index in [1.165, 1.54) is 0 Å². The van der Waals surface area contributed by atoms with Crippen LogP contribution in [0.15, 0.2) is 22.5 Å². The first kappa shape index (κ1) is 13.1. The van der Waals surface area contributed by atoms with Crippen molar-refractivity contribution in [2.75, 3.05) is 11.6 Å². The highest BCUT2D eigenvalue weighted by molar-refractivity contribution is 8.00. The summed E-state index contributed by atoms with van der Waals surface area (Å²) in [6.45, 7) is 1.75. The van der Waals surface area contributed by atoms with E-state index in [0.717, 1.165) is 14.6 Å². The number of anilines is 1. The molecule has 3 aromatic rings. The number of carbonyl (C=O) groups excluding carboxylic acids is 1. The summed E-state index contributed by atoms with van der Waals surface area (Å²) in [7, 11) is 0. The molecule has 0 bridgehead atoms. The molecule has 0 saturated heterocycles. The predicted octanol–water partition coefficient (Wildman–Crippen LogP) is 2.70. The zero-order chi connectivity index (χ0) is 14.1. The van der Waals surface area contributed by atoms with Crippen molar-refractivity contribution in [3.63, 3.8) is 0 Å². The number of fused-ring (bicyclic) bond motifs is 1. The molecule has 0 spiro atoms. The van der Waals surface area contributed by atoms with Crippen LogP contribution in [0.1, 0.15) is 16.4 Å². The molecule has 6 nitrogen and oxygen atoms in total. The van der Waals surface area contributed by atoms with Gasteiger partial charge < -0.3 is 5.32 Å². The van der Waals surface area contributed by atoms with Gasteiger partial charge in [0.05, 0.1) is 10.2 Å². The number of thiazole rings is 1. The van der Waals surface area contributed by atoms with Crippen LogP contribution in [0.25, 0.3) is 10.2 Å². The number of benzene rings is 1. The summed E-state index contributed by atoms with van der Waals surface area (Å²) in [5.74, 6) is 0.415. The van der Waals surface area contributed by atoms with E-state index in [9.17, 15) is 4.79 Å². The average Bonchev–Trinajstić information content (AvgIpc) is 3.03. The van der Waals surface area contributed by atoms with E-state index in [1.807, 2.05) is 24.5 Å².